The van der Waals surface area contributed by atoms with Crippen molar-refractivity contribution in [1.82, 2.24) is 0 Å². The molecule has 1 N–H and O–H groups in total. The molecule has 4 heteroatoms. The van der Waals surface area contributed by atoms with Gasteiger partial charge in [0.1, 0.15) is 0 Å². The Labute approximate surface area is 157 Å². The summed E-state index contributed by atoms with van der Waals surface area (Å²) in [6.45, 7) is 3.74. The molecular formula is C22H33NO3. The molecule has 4 aliphatic rings. The number of allylic oxidation sites excluding steroid dienone is 3. The van der Waals surface area contributed by atoms with Gasteiger partial charge in [0, 0.05) is 39.4 Å². The number of hydrogen-bond donors (Lipinski definition) is 1. The van der Waals surface area contributed by atoms with Gasteiger partial charge >= 0.3 is 0 Å². The third kappa shape index (κ3) is 3.05. The highest BCUT2D eigenvalue weighted by atomic mass is 16.7. The van der Waals surface area contributed by atoms with Crippen molar-refractivity contribution >= 4 is 0 Å². The molecule has 4 unspecified atom stereocenters. The number of hydrogen-bond acceptors (Lipinski definition) is 4. The van der Waals surface area contributed by atoms with Gasteiger partial charge in [0.25, 0.3) is 0 Å². The van der Waals surface area contributed by atoms with Crippen LogP contribution >= 0.6 is 0 Å². The maximum Gasteiger partial charge on any atom is 0.171 e. The molecule has 0 heterocycles. The first-order valence-corrected chi connectivity index (χ1v) is 9.95. The molecule has 1 fully saturated rings. The van der Waals surface area contributed by atoms with Gasteiger partial charge in [-0.25, -0.2) is 0 Å². The largest absolute Gasteiger partial charge is 0.393 e. The zero-order valence-corrected chi connectivity index (χ0v) is 16.7. The van der Waals surface area contributed by atoms with Crippen molar-refractivity contribution in [3.8, 4) is 6.07 Å². The molecular weight excluding hydrogens is 326 g/mol. The Morgan fingerprint density at radius 2 is 1.88 bits per heavy atom. The van der Waals surface area contributed by atoms with Crippen LogP contribution < -0.4 is 0 Å². The van der Waals surface area contributed by atoms with E-state index >= 15 is 0 Å². The molecule has 4 atom stereocenters. The van der Waals surface area contributed by atoms with Crippen LogP contribution in [-0.2, 0) is 9.47 Å². The molecule has 0 saturated heterocycles. The maximum atomic E-state index is 10.5. The molecule has 0 aromatic heterocycles. The van der Waals surface area contributed by atoms with Gasteiger partial charge in [-0.05, 0) is 61.5 Å². The summed E-state index contributed by atoms with van der Waals surface area (Å²) >= 11 is 0. The Bertz CT molecular complexity index is 640. The van der Waals surface area contributed by atoms with Crippen molar-refractivity contribution < 1.29 is 14.6 Å². The standard InChI is InChI=1S/C20H30O3.C2H3N/c1-19-10-8-15-14-9-11-20(22-2,23-3)12-13(14)4-5-16(15)17(19)6-7-18(19)21;1-2-3/h8,16-18,21H,4-7,9-12H2,1-3H3;1H3. The summed E-state index contributed by atoms with van der Waals surface area (Å²) in [5, 5.41) is 17.8. The van der Waals surface area contributed by atoms with Crippen LogP contribution in [0.25, 0.3) is 0 Å². The Kier molecular flexibility index (Phi) is 5.63. The van der Waals surface area contributed by atoms with E-state index in [9.17, 15) is 5.11 Å². The minimum Gasteiger partial charge on any atom is -0.393 e. The smallest absolute Gasteiger partial charge is 0.171 e. The van der Waals surface area contributed by atoms with Crippen LogP contribution in [0.2, 0.25) is 0 Å². The first-order chi connectivity index (χ1) is 12.4. The Morgan fingerprint density at radius 3 is 2.54 bits per heavy atom. The Balaban J connectivity index is 0.000000613. The van der Waals surface area contributed by atoms with E-state index in [0.29, 0.717) is 11.8 Å². The second-order valence-corrected chi connectivity index (χ2v) is 8.52. The molecule has 4 rings (SSSR count). The normalized spacial score (nSPS) is 37.4. The number of aliphatic hydroxyl groups excluding tert-OH is 1. The number of methoxy groups -OCH3 is 2. The lowest BCUT2D eigenvalue weighted by atomic mass is 9.58. The van der Waals surface area contributed by atoms with Gasteiger partial charge in [0.15, 0.2) is 5.79 Å². The lowest BCUT2D eigenvalue weighted by Crippen LogP contribution is -2.42. The quantitative estimate of drug-likeness (QED) is 0.737. The Morgan fingerprint density at radius 1 is 1.19 bits per heavy atom. The number of aliphatic hydroxyl groups is 1. The van der Waals surface area contributed by atoms with E-state index < -0.39 is 5.79 Å². The van der Waals surface area contributed by atoms with E-state index in [1.807, 2.05) is 0 Å². The zero-order valence-electron chi connectivity index (χ0n) is 16.7. The molecule has 1 saturated carbocycles. The van der Waals surface area contributed by atoms with Crippen LogP contribution in [-0.4, -0.2) is 31.2 Å². The highest BCUT2D eigenvalue weighted by molar-refractivity contribution is 5.44. The van der Waals surface area contributed by atoms with Crippen LogP contribution in [0.5, 0.6) is 0 Å². The molecule has 0 spiro atoms. The molecule has 0 radical (unpaired) electrons. The Hall–Kier alpha value is -1.15. The van der Waals surface area contributed by atoms with Crippen LogP contribution in [0, 0.1) is 28.6 Å². The van der Waals surface area contributed by atoms with Crippen molar-refractivity contribution in [2.75, 3.05) is 14.2 Å². The fraction of sp³-hybridized carbons (Fsp3) is 0.773. The number of nitriles is 1. The minimum atomic E-state index is -0.404. The van der Waals surface area contributed by atoms with Crippen LogP contribution in [0.3, 0.4) is 0 Å². The molecule has 0 amide bonds. The van der Waals surface area contributed by atoms with Gasteiger partial charge in [0.2, 0.25) is 0 Å². The monoisotopic (exact) mass is 359 g/mol. The summed E-state index contributed by atoms with van der Waals surface area (Å²) in [6, 6.07) is 1.75. The van der Waals surface area contributed by atoms with Crippen LogP contribution in [0.4, 0.5) is 0 Å². The van der Waals surface area contributed by atoms with Gasteiger partial charge in [-0.1, -0.05) is 18.6 Å². The van der Waals surface area contributed by atoms with Gasteiger partial charge in [0.05, 0.1) is 12.2 Å². The van der Waals surface area contributed by atoms with E-state index in [-0.39, 0.29) is 11.5 Å². The summed E-state index contributed by atoms with van der Waals surface area (Å²) in [4.78, 5) is 0. The van der Waals surface area contributed by atoms with E-state index in [1.54, 1.807) is 37.0 Å². The number of rotatable bonds is 2. The molecule has 0 aliphatic heterocycles. The molecule has 144 valence electrons. The molecule has 0 aromatic carbocycles. The fourth-order valence-corrected chi connectivity index (χ4v) is 5.96. The van der Waals surface area contributed by atoms with E-state index in [0.717, 1.165) is 32.1 Å². The van der Waals surface area contributed by atoms with Gasteiger partial charge in [-0.3, -0.25) is 0 Å². The van der Waals surface area contributed by atoms with Gasteiger partial charge < -0.3 is 14.6 Å². The summed E-state index contributed by atoms with van der Waals surface area (Å²) in [7, 11) is 3.54. The second kappa shape index (κ2) is 7.46. The topological polar surface area (TPSA) is 62.5 Å². The third-order valence-corrected chi connectivity index (χ3v) is 7.52. The van der Waals surface area contributed by atoms with Gasteiger partial charge in [-0.2, -0.15) is 5.26 Å². The fourth-order valence-electron chi connectivity index (χ4n) is 5.96. The summed E-state index contributed by atoms with van der Waals surface area (Å²) in [5.41, 5.74) is 4.90. The molecule has 4 aliphatic carbocycles. The zero-order chi connectivity index (χ0) is 18.9. The lowest BCUT2D eigenvalue weighted by Gasteiger charge is -2.48. The van der Waals surface area contributed by atoms with E-state index in [1.165, 1.54) is 26.2 Å². The van der Waals surface area contributed by atoms with Crippen molar-refractivity contribution in [3.63, 3.8) is 0 Å². The van der Waals surface area contributed by atoms with Crippen LogP contribution in [0.1, 0.15) is 65.2 Å². The minimum absolute atomic E-state index is 0.110. The van der Waals surface area contributed by atoms with Crippen molar-refractivity contribution in [2.45, 2.75) is 77.1 Å². The average Bonchev–Trinajstić information content (AvgIpc) is 2.96. The SMILES string of the molecule is CC#N.COC1(OC)CCC2=C(CCC3C2=CCC2(C)C(O)CCC32)C1. The molecule has 26 heavy (non-hydrogen) atoms. The first-order valence-electron chi connectivity index (χ1n) is 9.95. The van der Waals surface area contributed by atoms with Crippen molar-refractivity contribution in [3.05, 3.63) is 22.8 Å². The van der Waals surface area contributed by atoms with Crippen molar-refractivity contribution in [2.24, 2.45) is 17.3 Å². The van der Waals surface area contributed by atoms with E-state index in [2.05, 4.69) is 13.0 Å². The number of ether oxygens (including phenoxy) is 2. The highest BCUT2D eigenvalue weighted by Crippen LogP contribution is 2.59. The molecule has 4 nitrogen and oxygen atoms in total. The molecule has 0 aromatic rings. The van der Waals surface area contributed by atoms with Crippen LogP contribution in [0.15, 0.2) is 22.8 Å². The lowest BCUT2D eigenvalue weighted by molar-refractivity contribution is -0.212. The summed E-state index contributed by atoms with van der Waals surface area (Å²) in [5.74, 6) is 0.934. The first kappa shape index (κ1) is 19.6. The summed E-state index contributed by atoms with van der Waals surface area (Å²) in [6.07, 6.45) is 10.9. The summed E-state index contributed by atoms with van der Waals surface area (Å²) < 4.78 is 11.4. The predicted molar refractivity (Wildman–Crippen MR) is 101 cm³/mol. The number of nitrogens with zero attached hydrogens (tertiary/aromatic N) is 1. The molecule has 0 bridgehead atoms. The maximum absolute atomic E-state index is 10.5. The van der Waals surface area contributed by atoms with Gasteiger partial charge in [-0.15, -0.1) is 0 Å². The van der Waals surface area contributed by atoms with E-state index in [4.69, 9.17) is 14.7 Å². The predicted octanol–water partition coefficient (Wildman–Crippen LogP) is 4.50. The second-order valence-electron chi connectivity index (χ2n) is 8.52. The third-order valence-electron chi connectivity index (χ3n) is 7.52. The average molecular weight is 360 g/mol. The highest BCUT2D eigenvalue weighted by Gasteiger charge is 2.53. The van der Waals surface area contributed by atoms with Crippen molar-refractivity contribution in [1.29, 1.82) is 5.26 Å². The number of fused-ring (bicyclic) bond motifs is 4.